The van der Waals surface area contributed by atoms with Crippen molar-refractivity contribution in [2.75, 3.05) is 13.4 Å². The lowest BCUT2D eigenvalue weighted by atomic mass is 9.88. The summed E-state index contributed by atoms with van der Waals surface area (Å²) >= 11 is 9.26. The number of hydrogen-bond acceptors (Lipinski definition) is 4. The van der Waals surface area contributed by atoms with E-state index in [1.54, 1.807) is 23.9 Å². The molecule has 0 aliphatic carbocycles. The van der Waals surface area contributed by atoms with Crippen LogP contribution in [0.15, 0.2) is 58.3 Å². The minimum absolute atomic E-state index is 0.0814. The summed E-state index contributed by atoms with van der Waals surface area (Å²) in [6.45, 7) is 0. The zero-order valence-corrected chi connectivity index (χ0v) is 17.6. The van der Waals surface area contributed by atoms with Gasteiger partial charge in [-0.05, 0) is 52.8 Å². The number of halogens is 2. The Hall–Kier alpha value is -1.95. The topological polar surface area (TPSA) is 26.3 Å². The van der Waals surface area contributed by atoms with Crippen LogP contribution in [-0.2, 0) is 10.5 Å². The van der Waals surface area contributed by atoms with Crippen LogP contribution in [0.4, 0.5) is 4.39 Å². The predicted molar refractivity (Wildman–Crippen MR) is 115 cm³/mol. The molecule has 4 rings (SSSR count). The van der Waals surface area contributed by atoms with Gasteiger partial charge in [-0.3, -0.25) is 0 Å². The van der Waals surface area contributed by atoms with E-state index in [0.29, 0.717) is 11.3 Å². The van der Waals surface area contributed by atoms with E-state index in [2.05, 4.69) is 6.07 Å². The van der Waals surface area contributed by atoms with E-state index in [-0.39, 0.29) is 11.0 Å². The summed E-state index contributed by atoms with van der Waals surface area (Å²) in [5.74, 6) is -0.101. The number of hydrogen-bond donors (Lipinski definition) is 0. The number of thioether (sulfide) groups is 2. The van der Waals surface area contributed by atoms with Gasteiger partial charge in [0.15, 0.2) is 0 Å². The molecule has 0 amide bonds. The highest BCUT2D eigenvalue weighted by atomic mass is 35.5. The average molecular weight is 431 g/mol. The lowest BCUT2D eigenvalue weighted by molar-refractivity contribution is 0.0597. The van der Waals surface area contributed by atoms with Gasteiger partial charge in [0, 0.05) is 21.1 Å². The summed E-state index contributed by atoms with van der Waals surface area (Å²) in [6.07, 6.45) is 1.93. The molecule has 1 heterocycles. The molecule has 0 radical (unpaired) electrons. The van der Waals surface area contributed by atoms with Gasteiger partial charge in [0.05, 0.1) is 17.7 Å². The molecular weight excluding hydrogens is 415 g/mol. The third kappa shape index (κ3) is 3.21. The summed E-state index contributed by atoms with van der Waals surface area (Å²) < 4.78 is 18.8. The lowest BCUT2D eigenvalue weighted by Crippen LogP contribution is -2.11. The molecule has 142 valence electrons. The van der Waals surface area contributed by atoms with Gasteiger partial charge in [-0.25, -0.2) is 9.18 Å². The van der Waals surface area contributed by atoms with Gasteiger partial charge in [-0.15, -0.1) is 23.5 Å². The van der Waals surface area contributed by atoms with Crippen LogP contribution in [-0.4, -0.2) is 19.3 Å². The van der Waals surface area contributed by atoms with Crippen molar-refractivity contribution in [2.24, 2.45) is 0 Å². The maximum atomic E-state index is 13.7. The zero-order valence-electron chi connectivity index (χ0n) is 15.2. The van der Waals surface area contributed by atoms with E-state index in [4.69, 9.17) is 16.3 Å². The molecular formula is C22H16ClFO2S2. The number of ether oxygens (including phenoxy) is 1. The molecule has 0 aromatic heterocycles. The first-order chi connectivity index (χ1) is 13.5. The number of carbonyl (C=O) groups excluding carboxylic acids is 1. The summed E-state index contributed by atoms with van der Waals surface area (Å²) in [6, 6.07) is 14.8. The fourth-order valence-electron chi connectivity index (χ4n) is 3.48. The Labute approximate surface area is 176 Å². The number of fused-ring (bicyclic) bond motifs is 3. The van der Waals surface area contributed by atoms with Gasteiger partial charge in [0.1, 0.15) is 5.82 Å². The summed E-state index contributed by atoms with van der Waals surface area (Å²) in [4.78, 5) is 14.7. The van der Waals surface area contributed by atoms with Crippen molar-refractivity contribution in [1.29, 1.82) is 0 Å². The van der Waals surface area contributed by atoms with E-state index in [1.165, 1.54) is 24.9 Å². The Bertz CT molecular complexity index is 1100. The van der Waals surface area contributed by atoms with E-state index < -0.39 is 5.82 Å². The second-order valence-electron chi connectivity index (χ2n) is 6.26. The fourth-order valence-corrected chi connectivity index (χ4v) is 5.39. The first-order valence-electron chi connectivity index (χ1n) is 8.55. The molecule has 3 aromatic carbocycles. The second-order valence-corrected chi connectivity index (χ2v) is 8.53. The van der Waals surface area contributed by atoms with Gasteiger partial charge in [0.2, 0.25) is 0 Å². The molecule has 0 N–H and O–H groups in total. The van der Waals surface area contributed by atoms with Crippen LogP contribution in [0.3, 0.4) is 0 Å². The third-order valence-electron chi connectivity index (χ3n) is 4.77. The zero-order chi connectivity index (χ0) is 19.8. The van der Waals surface area contributed by atoms with Crippen LogP contribution in [0.2, 0.25) is 5.02 Å². The maximum Gasteiger partial charge on any atom is 0.339 e. The number of rotatable bonds is 3. The minimum atomic E-state index is -0.449. The Morgan fingerprint density at radius 3 is 2.68 bits per heavy atom. The van der Waals surface area contributed by atoms with Crippen molar-refractivity contribution >= 4 is 41.1 Å². The van der Waals surface area contributed by atoms with Crippen LogP contribution in [0.5, 0.6) is 0 Å². The predicted octanol–water partition coefficient (Wildman–Crippen LogP) is 6.93. The quantitative estimate of drug-likeness (QED) is 0.332. The van der Waals surface area contributed by atoms with E-state index >= 15 is 0 Å². The van der Waals surface area contributed by atoms with Crippen LogP contribution in [0.25, 0.3) is 22.3 Å². The number of methoxy groups -OCH3 is 1. The summed E-state index contributed by atoms with van der Waals surface area (Å²) in [7, 11) is 1.40. The smallest absolute Gasteiger partial charge is 0.339 e. The molecule has 2 nitrogen and oxygen atoms in total. The SMILES string of the molecule is COC(=O)c1c(SC)cc(-c2ccc(F)c(Cl)c2)c2c1-c1ccccc1SC2. The monoisotopic (exact) mass is 430 g/mol. The summed E-state index contributed by atoms with van der Waals surface area (Å²) in [5.41, 5.74) is 5.30. The Morgan fingerprint density at radius 1 is 1.18 bits per heavy atom. The molecule has 3 aromatic rings. The lowest BCUT2D eigenvalue weighted by Gasteiger charge is -2.26. The van der Waals surface area contributed by atoms with Gasteiger partial charge < -0.3 is 4.74 Å². The van der Waals surface area contributed by atoms with Crippen molar-refractivity contribution in [3.63, 3.8) is 0 Å². The van der Waals surface area contributed by atoms with E-state index in [0.717, 1.165) is 37.6 Å². The van der Waals surface area contributed by atoms with E-state index in [9.17, 15) is 9.18 Å². The standard InChI is InChI=1S/C22H16ClFO2S2/c1-26-22(25)21-19(27-2)10-14(12-7-8-17(24)16(23)9-12)15-11-28-18-6-4-3-5-13(18)20(15)21/h3-10H,11H2,1-2H3. The molecule has 1 aliphatic heterocycles. The first-order valence-corrected chi connectivity index (χ1v) is 11.1. The molecule has 0 saturated carbocycles. The van der Waals surface area contributed by atoms with Crippen LogP contribution in [0.1, 0.15) is 15.9 Å². The molecule has 6 heteroatoms. The van der Waals surface area contributed by atoms with Gasteiger partial charge in [-0.2, -0.15) is 0 Å². The van der Waals surface area contributed by atoms with Crippen LogP contribution >= 0.6 is 35.1 Å². The Morgan fingerprint density at radius 2 is 1.96 bits per heavy atom. The van der Waals surface area contributed by atoms with Crippen molar-refractivity contribution in [1.82, 2.24) is 0 Å². The fraction of sp³-hybridized carbons (Fsp3) is 0.136. The van der Waals surface area contributed by atoms with Crippen molar-refractivity contribution in [3.8, 4) is 22.3 Å². The summed E-state index contributed by atoms with van der Waals surface area (Å²) in [5, 5.41) is 0.0814. The number of benzene rings is 3. The molecule has 0 atom stereocenters. The Balaban J connectivity index is 2.09. The molecule has 0 spiro atoms. The van der Waals surface area contributed by atoms with Gasteiger partial charge >= 0.3 is 5.97 Å². The second kappa shape index (κ2) is 7.82. The molecule has 0 fully saturated rings. The molecule has 0 saturated heterocycles. The molecule has 0 unspecified atom stereocenters. The van der Waals surface area contributed by atoms with Gasteiger partial charge in [-0.1, -0.05) is 35.9 Å². The minimum Gasteiger partial charge on any atom is -0.465 e. The highest BCUT2D eigenvalue weighted by Crippen LogP contribution is 2.49. The number of esters is 1. The normalized spacial score (nSPS) is 12.3. The van der Waals surface area contributed by atoms with Crippen molar-refractivity contribution < 1.29 is 13.9 Å². The first kappa shape index (κ1) is 19.4. The van der Waals surface area contributed by atoms with Gasteiger partial charge in [0.25, 0.3) is 0 Å². The van der Waals surface area contributed by atoms with Crippen molar-refractivity contribution in [3.05, 3.63) is 70.5 Å². The molecule has 28 heavy (non-hydrogen) atoms. The van der Waals surface area contributed by atoms with Crippen LogP contribution in [0, 0.1) is 5.82 Å². The largest absolute Gasteiger partial charge is 0.465 e. The third-order valence-corrected chi connectivity index (χ3v) is 6.92. The highest BCUT2D eigenvalue weighted by molar-refractivity contribution is 7.99. The van der Waals surface area contributed by atoms with Crippen molar-refractivity contribution in [2.45, 2.75) is 15.5 Å². The molecule has 1 aliphatic rings. The van der Waals surface area contributed by atoms with E-state index in [1.807, 2.05) is 30.5 Å². The highest BCUT2D eigenvalue weighted by Gasteiger charge is 2.29. The number of carbonyl (C=O) groups is 1. The molecule has 0 bridgehead atoms. The Kier molecular flexibility index (Phi) is 5.41. The maximum absolute atomic E-state index is 13.7. The van der Waals surface area contributed by atoms with Crippen LogP contribution < -0.4 is 0 Å². The average Bonchev–Trinajstić information content (AvgIpc) is 2.73.